The first-order valence-electron chi connectivity index (χ1n) is 7.06. The Kier molecular flexibility index (Phi) is 3.73. The van der Waals surface area contributed by atoms with Crippen molar-refractivity contribution in [3.8, 4) is 5.75 Å². The average Bonchev–Trinajstić information content (AvgIpc) is 2.53. The van der Waals surface area contributed by atoms with Gasteiger partial charge in [0, 0.05) is 6.07 Å². The fourth-order valence-corrected chi connectivity index (χ4v) is 2.58. The second-order valence-corrected chi connectivity index (χ2v) is 5.26. The molecule has 0 saturated carbocycles. The first-order valence-corrected chi connectivity index (χ1v) is 7.06. The highest BCUT2D eigenvalue weighted by atomic mass is 19.1. The summed E-state index contributed by atoms with van der Waals surface area (Å²) >= 11 is 0. The zero-order valence-electron chi connectivity index (χ0n) is 12.3. The maximum atomic E-state index is 13.6. The van der Waals surface area contributed by atoms with Crippen LogP contribution in [-0.2, 0) is 11.3 Å². The lowest BCUT2D eigenvalue weighted by molar-refractivity contribution is -0.125. The third-order valence-corrected chi connectivity index (χ3v) is 3.71. The minimum atomic E-state index is -1.08. The summed E-state index contributed by atoms with van der Waals surface area (Å²) in [5.74, 6) is -1.52. The normalized spacial score (nSPS) is 16.7. The Morgan fingerprint density at radius 3 is 2.78 bits per heavy atom. The number of anilines is 1. The van der Waals surface area contributed by atoms with Crippen LogP contribution in [0.5, 0.6) is 5.75 Å². The van der Waals surface area contributed by atoms with Crippen LogP contribution in [0.2, 0.25) is 0 Å². The fraction of sp³-hybridized carbons (Fsp3) is 0.176. The Morgan fingerprint density at radius 2 is 2.04 bits per heavy atom. The fourth-order valence-electron chi connectivity index (χ4n) is 2.58. The molecule has 1 unspecified atom stereocenters. The molecule has 1 heterocycles. The predicted octanol–water partition coefficient (Wildman–Crippen LogP) is 2.84. The maximum Gasteiger partial charge on any atom is 0.336 e. The maximum absolute atomic E-state index is 13.6. The predicted molar refractivity (Wildman–Crippen MR) is 81.1 cm³/mol. The molecule has 3 rings (SSSR count). The number of carbonyl (C=O) groups excluding carboxylic acids is 1. The number of fused-ring (bicyclic) bond motifs is 1. The van der Waals surface area contributed by atoms with Crippen molar-refractivity contribution < 1.29 is 23.8 Å². The molecule has 23 heavy (non-hydrogen) atoms. The molecule has 5 nitrogen and oxygen atoms in total. The highest BCUT2D eigenvalue weighted by molar-refractivity contribution is 6.00. The van der Waals surface area contributed by atoms with Gasteiger partial charge in [-0.3, -0.25) is 4.79 Å². The SMILES string of the molecule is CC1Oc2ccc(F)cc2N(Cc2ccccc2C(=O)O)C1=O. The van der Waals surface area contributed by atoms with Gasteiger partial charge in [-0.25, -0.2) is 9.18 Å². The van der Waals surface area contributed by atoms with Crippen molar-refractivity contribution in [1.29, 1.82) is 0 Å². The van der Waals surface area contributed by atoms with Gasteiger partial charge in [0.15, 0.2) is 6.10 Å². The molecule has 0 radical (unpaired) electrons. The standard InChI is InChI=1S/C17H14FNO4/c1-10-16(20)19(14-8-12(18)6-7-15(14)23-10)9-11-4-2-3-5-13(11)17(21)22/h2-8,10H,9H2,1H3,(H,21,22). The Bertz CT molecular complexity index is 790. The van der Waals surface area contributed by atoms with Crippen molar-refractivity contribution in [2.75, 3.05) is 4.90 Å². The first kappa shape index (κ1) is 15.0. The minimum absolute atomic E-state index is 0.0332. The zero-order chi connectivity index (χ0) is 16.6. The van der Waals surface area contributed by atoms with Crippen LogP contribution in [-0.4, -0.2) is 23.1 Å². The van der Waals surface area contributed by atoms with Crippen LogP contribution in [0.15, 0.2) is 42.5 Å². The Labute approximate surface area is 131 Å². The van der Waals surface area contributed by atoms with E-state index in [1.807, 2.05) is 0 Å². The van der Waals surface area contributed by atoms with Crippen molar-refractivity contribution in [1.82, 2.24) is 0 Å². The number of rotatable bonds is 3. The summed E-state index contributed by atoms with van der Waals surface area (Å²) in [6.45, 7) is 1.64. The van der Waals surface area contributed by atoms with E-state index in [1.54, 1.807) is 25.1 Å². The number of nitrogens with zero attached hydrogens (tertiary/aromatic N) is 1. The van der Waals surface area contributed by atoms with Crippen molar-refractivity contribution in [3.05, 3.63) is 59.4 Å². The lowest BCUT2D eigenvalue weighted by Gasteiger charge is -2.33. The summed E-state index contributed by atoms with van der Waals surface area (Å²) in [6.07, 6.45) is -0.718. The van der Waals surface area contributed by atoms with Crippen LogP contribution < -0.4 is 9.64 Å². The quantitative estimate of drug-likeness (QED) is 0.946. The molecule has 1 aliphatic heterocycles. The topological polar surface area (TPSA) is 66.8 Å². The molecule has 0 fully saturated rings. The number of carboxylic acids is 1. The van der Waals surface area contributed by atoms with E-state index < -0.39 is 17.9 Å². The summed E-state index contributed by atoms with van der Waals surface area (Å²) in [6, 6.07) is 10.3. The first-order chi connectivity index (χ1) is 11.0. The molecule has 0 aliphatic carbocycles. The third kappa shape index (κ3) is 2.75. The molecular weight excluding hydrogens is 301 g/mol. The smallest absolute Gasteiger partial charge is 0.336 e. The zero-order valence-corrected chi connectivity index (χ0v) is 12.3. The molecule has 2 aromatic rings. The molecule has 2 aromatic carbocycles. The second-order valence-electron chi connectivity index (χ2n) is 5.26. The second kappa shape index (κ2) is 5.72. The Morgan fingerprint density at radius 1 is 1.30 bits per heavy atom. The molecule has 0 aromatic heterocycles. The van der Waals surface area contributed by atoms with Crippen molar-refractivity contribution in [2.45, 2.75) is 19.6 Å². The largest absolute Gasteiger partial charge is 0.479 e. The highest BCUT2D eigenvalue weighted by Crippen LogP contribution is 2.35. The van der Waals surface area contributed by atoms with Gasteiger partial charge in [0.25, 0.3) is 5.91 Å². The van der Waals surface area contributed by atoms with Crippen molar-refractivity contribution in [3.63, 3.8) is 0 Å². The third-order valence-electron chi connectivity index (χ3n) is 3.71. The molecule has 1 aliphatic rings. The molecule has 1 N–H and O–H groups in total. The van der Waals surface area contributed by atoms with Crippen molar-refractivity contribution in [2.24, 2.45) is 0 Å². The van der Waals surface area contributed by atoms with Crippen molar-refractivity contribution >= 4 is 17.6 Å². The van der Waals surface area contributed by atoms with Crippen LogP contribution in [0, 0.1) is 5.82 Å². The molecule has 118 valence electrons. The monoisotopic (exact) mass is 315 g/mol. The van der Waals surface area contributed by atoms with E-state index in [9.17, 15) is 19.1 Å². The number of amides is 1. The number of aromatic carboxylic acids is 1. The summed E-state index contributed by atoms with van der Waals surface area (Å²) < 4.78 is 19.0. The van der Waals surface area contributed by atoms with Crippen LogP contribution in [0.4, 0.5) is 10.1 Å². The van der Waals surface area contributed by atoms with Gasteiger partial charge in [0.2, 0.25) is 0 Å². The summed E-state index contributed by atoms with van der Waals surface area (Å²) in [4.78, 5) is 25.1. The number of carbonyl (C=O) groups is 2. The highest BCUT2D eigenvalue weighted by Gasteiger charge is 2.32. The van der Waals surface area contributed by atoms with Gasteiger partial charge in [-0.2, -0.15) is 0 Å². The van der Waals surface area contributed by atoms with Gasteiger partial charge in [0.05, 0.1) is 17.8 Å². The van der Waals surface area contributed by atoms with Gasteiger partial charge in [0.1, 0.15) is 11.6 Å². The van der Waals surface area contributed by atoms with Crippen LogP contribution >= 0.6 is 0 Å². The number of hydrogen-bond donors (Lipinski definition) is 1. The molecule has 1 atom stereocenters. The molecule has 0 saturated heterocycles. The molecule has 1 amide bonds. The van der Waals surface area contributed by atoms with E-state index in [2.05, 4.69) is 0 Å². The van der Waals surface area contributed by atoms with E-state index >= 15 is 0 Å². The van der Waals surface area contributed by atoms with Gasteiger partial charge in [-0.1, -0.05) is 18.2 Å². The number of ether oxygens (including phenoxy) is 1. The van der Waals surface area contributed by atoms with E-state index in [0.717, 1.165) is 0 Å². The molecule has 6 heteroatoms. The molecular formula is C17H14FNO4. The van der Waals surface area contributed by atoms with E-state index in [1.165, 1.54) is 29.2 Å². The van der Waals surface area contributed by atoms with E-state index in [4.69, 9.17) is 4.74 Å². The Hall–Kier alpha value is -2.89. The number of hydrogen-bond acceptors (Lipinski definition) is 3. The number of carboxylic acid groups (broad SMARTS) is 1. The minimum Gasteiger partial charge on any atom is -0.479 e. The van der Waals surface area contributed by atoms with Gasteiger partial charge >= 0.3 is 5.97 Å². The summed E-state index contributed by atoms with van der Waals surface area (Å²) in [7, 11) is 0. The summed E-state index contributed by atoms with van der Waals surface area (Å²) in [5, 5.41) is 9.26. The van der Waals surface area contributed by atoms with Crippen LogP contribution in [0.1, 0.15) is 22.8 Å². The summed E-state index contributed by atoms with van der Waals surface area (Å²) in [5.41, 5.74) is 0.878. The average molecular weight is 315 g/mol. The Balaban J connectivity index is 2.04. The van der Waals surface area contributed by atoms with E-state index in [0.29, 0.717) is 17.0 Å². The van der Waals surface area contributed by atoms with Gasteiger partial charge in [-0.05, 0) is 30.7 Å². The number of benzene rings is 2. The molecule has 0 bridgehead atoms. The van der Waals surface area contributed by atoms with Gasteiger partial charge in [-0.15, -0.1) is 0 Å². The molecule has 0 spiro atoms. The van der Waals surface area contributed by atoms with E-state index in [-0.39, 0.29) is 18.0 Å². The van der Waals surface area contributed by atoms with Gasteiger partial charge < -0.3 is 14.7 Å². The lowest BCUT2D eigenvalue weighted by Crippen LogP contribution is -2.44. The lowest BCUT2D eigenvalue weighted by atomic mass is 10.1. The van der Waals surface area contributed by atoms with Crippen LogP contribution in [0.3, 0.4) is 0 Å². The number of halogens is 1. The van der Waals surface area contributed by atoms with Crippen LogP contribution in [0.25, 0.3) is 0 Å².